The molecule has 0 aromatic carbocycles. The van der Waals surface area contributed by atoms with Crippen LogP contribution in [0.5, 0.6) is 0 Å². The van der Waals surface area contributed by atoms with Gasteiger partial charge >= 0.3 is 13.5 Å². The van der Waals surface area contributed by atoms with Gasteiger partial charge in [-0.05, 0) is 0 Å². The molecule has 112 valence electrons. The summed E-state index contributed by atoms with van der Waals surface area (Å²) in [7, 11) is -4.66. The lowest BCUT2D eigenvalue weighted by molar-refractivity contribution is -0.0450. The Kier molecular flexibility index (Phi) is 4.23. The second kappa shape index (κ2) is 5.60. The topological polar surface area (TPSA) is 151 Å². The number of aliphatic hydroxyl groups is 1. The summed E-state index contributed by atoms with van der Waals surface area (Å²) < 4.78 is 21.2. The molecular weight excluding hydrogens is 295 g/mol. The van der Waals surface area contributed by atoms with E-state index in [0.29, 0.717) is 0 Å². The number of nitrogens with zero attached hydrogens (tertiary/aromatic N) is 1. The highest BCUT2D eigenvalue weighted by Gasteiger charge is 2.36. The Hall–Kier alpha value is -1.29. The molecule has 10 nitrogen and oxygen atoms in total. The van der Waals surface area contributed by atoms with E-state index in [1.54, 1.807) is 0 Å². The Bertz CT molecular complexity index is 633. The first-order valence-electron chi connectivity index (χ1n) is 5.61. The molecule has 0 spiro atoms. The number of ether oxygens (including phenoxy) is 1. The number of aromatic amines is 1. The van der Waals surface area contributed by atoms with Crippen molar-refractivity contribution >= 4 is 7.82 Å². The molecule has 1 aromatic heterocycles. The number of nitrogens with one attached hydrogen (secondary N) is 1. The maximum atomic E-state index is 11.5. The number of aliphatic hydroxyl groups excluding tert-OH is 1. The highest BCUT2D eigenvalue weighted by Crippen LogP contribution is 2.37. The van der Waals surface area contributed by atoms with Crippen LogP contribution < -0.4 is 11.2 Å². The second-order valence-electron chi connectivity index (χ2n) is 4.24. The van der Waals surface area contributed by atoms with Gasteiger partial charge < -0.3 is 19.6 Å². The fourth-order valence-electron chi connectivity index (χ4n) is 1.86. The van der Waals surface area contributed by atoms with Gasteiger partial charge in [0, 0.05) is 18.7 Å². The molecule has 1 fully saturated rings. The van der Waals surface area contributed by atoms with Gasteiger partial charge in [-0.3, -0.25) is 18.9 Å². The fourth-order valence-corrected chi connectivity index (χ4v) is 2.20. The lowest BCUT2D eigenvalue weighted by Crippen LogP contribution is -2.31. The van der Waals surface area contributed by atoms with Crippen LogP contribution >= 0.6 is 7.82 Å². The van der Waals surface area contributed by atoms with E-state index in [1.165, 1.54) is 6.20 Å². The van der Waals surface area contributed by atoms with Crippen LogP contribution in [0.3, 0.4) is 0 Å². The average molecular weight is 308 g/mol. The number of hydrogen-bond donors (Lipinski definition) is 4. The van der Waals surface area contributed by atoms with Crippen LogP contribution in [0.4, 0.5) is 0 Å². The highest BCUT2D eigenvalue weighted by atomic mass is 31.2. The molecule has 0 aliphatic carbocycles. The molecule has 0 radical (unpaired) electrons. The minimum Gasteiger partial charge on any atom is -0.390 e. The van der Waals surface area contributed by atoms with Crippen molar-refractivity contribution in [1.82, 2.24) is 9.55 Å². The Morgan fingerprint density at radius 2 is 2.20 bits per heavy atom. The van der Waals surface area contributed by atoms with Crippen LogP contribution in [0, 0.1) is 0 Å². The van der Waals surface area contributed by atoms with E-state index >= 15 is 0 Å². The van der Waals surface area contributed by atoms with Gasteiger partial charge in [0.15, 0.2) is 0 Å². The summed E-state index contributed by atoms with van der Waals surface area (Å²) >= 11 is 0. The summed E-state index contributed by atoms with van der Waals surface area (Å²) in [5.41, 5.74) is -1.27. The zero-order valence-electron chi connectivity index (χ0n) is 10.1. The maximum absolute atomic E-state index is 11.5. The molecule has 0 saturated carbocycles. The molecule has 1 aromatic rings. The van der Waals surface area contributed by atoms with Crippen molar-refractivity contribution in [3.8, 4) is 0 Å². The number of phosphoric ester groups is 1. The summed E-state index contributed by atoms with van der Waals surface area (Å²) in [5, 5.41) is 9.72. The average Bonchev–Trinajstić information content (AvgIpc) is 2.67. The van der Waals surface area contributed by atoms with Gasteiger partial charge in [0.05, 0.1) is 12.7 Å². The summed E-state index contributed by atoms with van der Waals surface area (Å²) in [6.45, 7) is -0.514. The van der Waals surface area contributed by atoms with Gasteiger partial charge in [-0.15, -0.1) is 0 Å². The predicted molar refractivity (Wildman–Crippen MR) is 63.9 cm³/mol. The van der Waals surface area contributed by atoms with Crippen molar-refractivity contribution in [2.45, 2.75) is 24.9 Å². The van der Waals surface area contributed by atoms with Crippen molar-refractivity contribution in [3.63, 3.8) is 0 Å². The van der Waals surface area contributed by atoms with Crippen LogP contribution in [0.2, 0.25) is 0 Å². The van der Waals surface area contributed by atoms with E-state index in [9.17, 15) is 19.3 Å². The first-order valence-corrected chi connectivity index (χ1v) is 7.14. The Morgan fingerprint density at radius 3 is 2.80 bits per heavy atom. The molecule has 0 unspecified atom stereocenters. The van der Waals surface area contributed by atoms with Crippen LogP contribution in [0.25, 0.3) is 0 Å². The van der Waals surface area contributed by atoms with E-state index in [1.807, 2.05) is 4.98 Å². The summed E-state index contributed by atoms with van der Waals surface area (Å²) in [5.74, 6) is 0. The van der Waals surface area contributed by atoms with E-state index in [0.717, 1.165) is 10.6 Å². The lowest BCUT2D eigenvalue weighted by Gasteiger charge is -2.16. The van der Waals surface area contributed by atoms with Gasteiger partial charge in [0.1, 0.15) is 12.3 Å². The first-order chi connectivity index (χ1) is 9.26. The number of aromatic nitrogens is 2. The molecule has 2 heterocycles. The maximum Gasteiger partial charge on any atom is 0.469 e. The van der Waals surface area contributed by atoms with Gasteiger partial charge in [0.25, 0.3) is 5.56 Å². The Balaban J connectivity index is 2.08. The third kappa shape index (κ3) is 3.63. The third-order valence-electron chi connectivity index (χ3n) is 2.77. The highest BCUT2D eigenvalue weighted by molar-refractivity contribution is 7.46. The van der Waals surface area contributed by atoms with E-state index in [-0.39, 0.29) is 6.42 Å². The number of H-pyrrole nitrogens is 1. The minimum absolute atomic E-state index is 0.0289. The Labute approximate surface area is 111 Å². The van der Waals surface area contributed by atoms with Crippen LogP contribution in [0.1, 0.15) is 12.6 Å². The zero-order valence-corrected chi connectivity index (χ0v) is 11.0. The second-order valence-corrected chi connectivity index (χ2v) is 5.48. The Morgan fingerprint density at radius 1 is 1.50 bits per heavy atom. The fraction of sp³-hybridized carbons (Fsp3) is 0.556. The molecule has 3 atom stereocenters. The molecule has 2 rings (SSSR count). The predicted octanol–water partition coefficient (Wildman–Crippen LogP) is -1.71. The summed E-state index contributed by atoms with van der Waals surface area (Å²) in [6.07, 6.45) is -1.64. The van der Waals surface area contributed by atoms with E-state index < -0.39 is 44.1 Å². The number of hydrogen-bond acceptors (Lipinski definition) is 6. The van der Waals surface area contributed by atoms with Gasteiger partial charge in [-0.25, -0.2) is 9.36 Å². The van der Waals surface area contributed by atoms with Crippen molar-refractivity contribution in [1.29, 1.82) is 0 Å². The molecule has 1 aliphatic heterocycles. The minimum atomic E-state index is -4.66. The summed E-state index contributed by atoms with van der Waals surface area (Å²) in [4.78, 5) is 41.7. The first kappa shape index (κ1) is 15.1. The van der Waals surface area contributed by atoms with Gasteiger partial charge in [0.2, 0.25) is 0 Å². The smallest absolute Gasteiger partial charge is 0.390 e. The number of rotatable bonds is 4. The van der Waals surface area contributed by atoms with Crippen LogP contribution in [0.15, 0.2) is 21.9 Å². The van der Waals surface area contributed by atoms with Crippen molar-refractivity contribution in [2.24, 2.45) is 0 Å². The van der Waals surface area contributed by atoms with Crippen molar-refractivity contribution in [3.05, 3.63) is 33.1 Å². The van der Waals surface area contributed by atoms with Gasteiger partial charge in [-0.1, -0.05) is 0 Å². The molecule has 1 aliphatic rings. The number of phosphoric acid groups is 1. The van der Waals surface area contributed by atoms with E-state index in [2.05, 4.69) is 4.52 Å². The molecular formula is C9H13N2O8P. The SMILES string of the molecule is O=c1ccn([C@H]2C[C@H](O)[C@H](COP(=O)(O)O)O2)c(=O)[nH]1. The molecule has 0 bridgehead atoms. The molecule has 20 heavy (non-hydrogen) atoms. The normalized spacial score (nSPS) is 26.9. The molecule has 1 saturated heterocycles. The monoisotopic (exact) mass is 308 g/mol. The standard InChI is InChI=1S/C9H13N2O8P/c12-5-3-8(11-2-1-7(13)10-9(11)14)19-6(5)4-18-20(15,16)17/h1-2,5-6,8,12H,3-4H2,(H,10,13,14)(H2,15,16,17)/t5-,6-,8+/m0/s1. The summed E-state index contributed by atoms with van der Waals surface area (Å²) in [6, 6.07) is 1.12. The molecule has 11 heteroatoms. The van der Waals surface area contributed by atoms with Crippen LogP contribution in [-0.4, -0.2) is 43.3 Å². The lowest BCUT2D eigenvalue weighted by atomic mass is 10.2. The zero-order chi connectivity index (χ0) is 14.9. The quantitative estimate of drug-likeness (QED) is 0.480. The van der Waals surface area contributed by atoms with E-state index in [4.69, 9.17) is 14.5 Å². The largest absolute Gasteiger partial charge is 0.469 e. The molecule has 4 N–H and O–H groups in total. The van der Waals surface area contributed by atoms with Crippen molar-refractivity contribution < 1.29 is 28.7 Å². The van der Waals surface area contributed by atoms with Crippen LogP contribution in [-0.2, 0) is 13.8 Å². The van der Waals surface area contributed by atoms with Gasteiger partial charge in [-0.2, -0.15) is 0 Å². The third-order valence-corrected chi connectivity index (χ3v) is 3.26. The molecule has 0 amide bonds. The van der Waals surface area contributed by atoms with Crippen molar-refractivity contribution in [2.75, 3.05) is 6.61 Å².